The van der Waals surface area contributed by atoms with Crippen LogP contribution in [0.4, 0.5) is 5.82 Å². The van der Waals surface area contributed by atoms with Crippen LogP contribution in [-0.4, -0.2) is 43.5 Å². The molecule has 2 aliphatic heterocycles. The largest absolute Gasteiger partial charge is 0.358 e. The number of carbonyl (C=O) groups is 1. The standard InChI is InChI=1S/C13H15N5O3S/c1-16-10(14-8-11(16)18(20)21)7-9-12(19)15-13(22-9)17-5-3-2-4-6-17/h7-8H,2-6H2,1H3/b9-7-. The second kappa shape index (κ2) is 5.91. The fourth-order valence-corrected chi connectivity index (χ4v) is 3.39. The Labute approximate surface area is 131 Å². The molecule has 3 heterocycles. The number of rotatable bonds is 2. The third kappa shape index (κ3) is 2.76. The van der Waals surface area contributed by atoms with Crippen molar-refractivity contribution in [1.29, 1.82) is 0 Å². The van der Waals surface area contributed by atoms with Crippen LogP contribution in [0.15, 0.2) is 16.1 Å². The minimum atomic E-state index is -0.506. The summed E-state index contributed by atoms with van der Waals surface area (Å²) in [6.07, 6.45) is 6.17. The summed E-state index contributed by atoms with van der Waals surface area (Å²) in [6, 6.07) is 0. The van der Waals surface area contributed by atoms with Crippen LogP contribution in [0.25, 0.3) is 6.08 Å². The fourth-order valence-electron chi connectivity index (χ4n) is 2.45. The number of hydrogen-bond acceptors (Lipinski definition) is 6. The van der Waals surface area contributed by atoms with Crippen LogP contribution >= 0.6 is 11.8 Å². The van der Waals surface area contributed by atoms with Crippen LogP contribution in [0.5, 0.6) is 0 Å². The van der Waals surface area contributed by atoms with Crippen LogP contribution in [0.3, 0.4) is 0 Å². The predicted molar refractivity (Wildman–Crippen MR) is 83.3 cm³/mol. The molecule has 0 unspecified atom stereocenters. The molecule has 3 rings (SSSR count). The number of aliphatic imine (C=N–C) groups is 1. The molecule has 0 aromatic carbocycles. The molecule has 0 atom stereocenters. The van der Waals surface area contributed by atoms with E-state index in [9.17, 15) is 14.9 Å². The Balaban J connectivity index is 1.79. The zero-order valence-corrected chi connectivity index (χ0v) is 12.9. The van der Waals surface area contributed by atoms with E-state index in [0.29, 0.717) is 10.7 Å². The highest BCUT2D eigenvalue weighted by molar-refractivity contribution is 8.18. The number of amidine groups is 1. The molecule has 1 amide bonds. The van der Waals surface area contributed by atoms with Crippen molar-refractivity contribution >= 4 is 34.7 Å². The maximum atomic E-state index is 12.0. The maximum Gasteiger partial charge on any atom is 0.342 e. The van der Waals surface area contributed by atoms with Crippen molar-refractivity contribution in [2.24, 2.45) is 12.0 Å². The minimum Gasteiger partial charge on any atom is -0.358 e. The van der Waals surface area contributed by atoms with Gasteiger partial charge in [0.2, 0.25) is 5.82 Å². The number of piperidine rings is 1. The number of aromatic nitrogens is 2. The van der Waals surface area contributed by atoms with E-state index in [-0.39, 0.29) is 11.7 Å². The van der Waals surface area contributed by atoms with Gasteiger partial charge in [0.15, 0.2) is 5.17 Å². The molecular formula is C13H15N5O3S. The number of nitrogens with zero attached hydrogens (tertiary/aromatic N) is 5. The third-order valence-corrected chi connectivity index (χ3v) is 4.73. The van der Waals surface area contributed by atoms with Crippen molar-refractivity contribution < 1.29 is 9.72 Å². The summed E-state index contributed by atoms with van der Waals surface area (Å²) >= 11 is 1.31. The molecule has 1 aromatic rings. The van der Waals surface area contributed by atoms with E-state index < -0.39 is 4.92 Å². The molecule has 1 saturated heterocycles. The number of amides is 1. The highest BCUT2D eigenvalue weighted by Gasteiger charge is 2.28. The normalized spacial score (nSPS) is 20.6. The molecular weight excluding hydrogens is 306 g/mol. The van der Waals surface area contributed by atoms with Crippen LogP contribution in [0, 0.1) is 10.1 Å². The molecule has 1 aromatic heterocycles. The smallest absolute Gasteiger partial charge is 0.342 e. The fraction of sp³-hybridized carbons (Fsp3) is 0.462. The zero-order valence-electron chi connectivity index (χ0n) is 12.1. The van der Waals surface area contributed by atoms with Gasteiger partial charge in [-0.25, -0.2) is 9.55 Å². The minimum absolute atomic E-state index is 0.112. The molecule has 9 heteroatoms. The Hall–Kier alpha value is -2.16. The van der Waals surface area contributed by atoms with E-state index in [4.69, 9.17) is 0 Å². The van der Waals surface area contributed by atoms with E-state index in [1.807, 2.05) is 0 Å². The molecule has 8 nitrogen and oxygen atoms in total. The molecule has 2 aliphatic rings. The lowest BCUT2D eigenvalue weighted by molar-refractivity contribution is -0.391. The van der Waals surface area contributed by atoms with E-state index in [0.717, 1.165) is 31.1 Å². The highest BCUT2D eigenvalue weighted by Crippen LogP contribution is 2.31. The molecule has 0 bridgehead atoms. The summed E-state index contributed by atoms with van der Waals surface area (Å²) in [5.41, 5.74) is 0. The van der Waals surface area contributed by atoms with Gasteiger partial charge in [-0.05, 0) is 35.9 Å². The van der Waals surface area contributed by atoms with Crippen molar-refractivity contribution in [2.45, 2.75) is 19.3 Å². The summed E-state index contributed by atoms with van der Waals surface area (Å²) in [7, 11) is 1.55. The Bertz CT molecular complexity index is 688. The molecule has 116 valence electrons. The van der Waals surface area contributed by atoms with E-state index in [1.54, 1.807) is 13.1 Å². The number of carbonyl (C=O) groups excluding carboxylic acids is 1. The van der Waals surface area contributed by atoms with Gasteiger partial charge >= 0.3 is 5.82 Å². The van der Waals surface area contributed by atoms with Gasteiger partial charge < -0.3 is 15.0 Å². The average Bonchev–Trinajstić information content (AvgIpc) is 3.05. The summed E-state index contributed by atoms with van der Waals surface area (Å²) in [4.78, 5) is 33.0. The predicted octanol–water partition coefficient (Wildman–Crippen LogP) is 1.78. The van der Waals surface area contributed by atoms with Gasteiger partial charge in [-0.3, -0.25) is 4.79 Å². The lowest BCUT2D eigenvalue weighted by atomic mass is 10.1. The molecule has 0 saturated carbocycles. The summed E-state index contributed by atoms with van der Waals surface area (Å²) in [5, 5.41) is 11.5. The molecule has 0 N–H and O–H groups in total. The zero-order chi connectivity index (χ0) is 15.7. The molecule has 0 spiro atoms. The second-order valence-electron chi connectivity index (χ2n) is 5.15. The first-order valence-corrected chi connectivity index (χ1v) is 7.81. The number of imidazole rings is 1. The van der Waals surface area contributed by atoms with E-state index in [2.05, 4.69) is 14.9 Å². The van der Waals surface area contributed by atoms with Gasteiger partial charge in [0.25, 0.3) is 5.91 Å². The quantitative estimate of drug-likeness (QED) is 0.468. The summed E-state index contributed by atoms with van der Waals surface area (Å²) in [5.74, 6) is -0.0478. The molecule has 0 aliphatic carbocycles. The van der Waals surface area contributed by atoms with Gasteiger partial charge in [0.05, 0.1) is 12.0 Å². The topological polar surface area (TPSA) is 93.6 Å². The van der Waals surface area contributed by atoms with Crippen LogP contribution in [0.1, 0.15) is 25.1 Å². The van der Waals surface area contributed by atoms with Crippen LogP contribution in [-0.2, 0) is 11.8 Å². The van der Waals surface area contributed by atoms with Crippen molar-refractivity contribution in [3.63, 3.8) is 0 Å². The van der Waals surface area contributed by atoms with Crippen LogP contribution in [0.2, 0.25) is 0 Å². The molecule has 22 heavy (non-hydrogen) atoms. The number of likely N-dealkylation sites (tertiary alicyclic amines) is 1. The lowest BCUT2D eigenvalue weighted by Crippen LogP contribution is -2.33. The second-order valence-corrected chi connectivity index (χ2v) is 6.16. The number of hydrogen-bond donors (Lipinski definition) is 0. The average molecular weight is 321 g/mol. The lowest BCUT2D eigenvalue weighted by Gasteiger charge is -2.27. The first-order chi connectivity index (χ1) is 10.6. The van der Waals surface area contributed by atoms with Gasteiger partial charge in [-0.1, -0.05) is 0 Å². The Morgan fingerprint density at radius 3 is 2.73 bits per heavy atom. The Morgan fingerprint density at radius 1 is 1.36 bits per heavy atom. The van der Waals surface area contributed by atoms with Gasteiger partial charge in [-0.2, -0.15) is 4.99 Å². The number of nitro groups is 1. The Kier molecular flexibility index (Phi) is 3.97. The van der Waals surface area contributed by atoms with E-state index in [1.165, 1.54) is 28.9 Å². The molecule has 1 fully saturated rings. The first-order valence-electron chi connectivity index (χ1n) is 7.00. The Morgan fingerprint density at radius 2 is 2.09 bits per heavy atom. The van der Waals surface area contributed by atoms with Gasteiger partial charge in [0.1, 0.15) is 6.20 Å². The summed E-state index contributed by atoms with van der Waals surface area (Å²) < 4.78 is 1.35. The number of thioether (sulfide) groups is 1. The third-order valence-electron chi connectivity index (χ3n) is 3.68. The van der Waals surface area contributed by atoms with Crippen LogP contribution < -0.4 is 0 Å². The monoisotopic (exact) mass is 321 g/mol. The SMILES string of the molecule is Cn1c([N+](=O)[O-])cnc1/C=C1\SC(N2CCCCC2)=NC1=O. The van der Waals surface area contributed by atoms with Gasteiger partial charge in [-0.15, -0.1) is 0 Å². The first kappa shape index (κ1) is 14.8. The highest BCUT2D eigenvalue weighted by atomic mass is 32.2. The van der Waals surface area contributed by atoms with E-state index >= 15 is 0 Å². The van der Waals surface area contributed by atoms with Crippen molar-refractivity contribution in [1.82, 2.24) is 14.5 Å². The maximum absolute atomic E-state index is 12.0. The van der Waals surface area contributed by atoms with Crippen molar-refractivity contribution in [3.8, 4) is 0 Å². The van der Waals surface area contributed by atoms with Crippen molar-refractivity contribution in [2.75, 3.05) is 13.1 Å². The molecule has 0 radical (unpaired) electrons. The summed E-state index contributed by atoms with van der Waals surface area (Å²) in [6.45, 7) is 1.83. The van der Waals surface area contributed by atoms with Gasteiger partial charge in [0, 0.05) is 19.2 Å². The van der Waals surface area contributed by atoms with Crippen molar-refractivity contribution in [3.05, 3.63) is 27.0 Å².